The quantitative estimate of drug-likeness (QED) is 0.413. The molecule has 0 radical (unpaired) electrons. The number of nitrogens with one attached hydrogen (secondary N) is 2. The van der Waals surface area contributed by atoms with Crippen LogP contribution in [0.2, 0.25) is 0 Å². The van der Waals surface area contributed by atoms with Crippen molar-refractivity contribution < 1.29 is 24.0 Å². The second-order valence-electron chi connectivity index (χ2n) is 5.44. The number of non-ortho nitro benzene ring substituents is 1. The third-order valence-corrected chi connectivity index (χ3v) is 3.71. The summed E-state index contributed by atoms with van der Waals surface area (Å²) in [5.74, 6) is -0.820. The van der Waals surface area contributed by atoms with E-state index >= 15 is 0 Å². The first-order valence-corrected chi connectivity index (χ1v) is 7.94. The van der Waals surface area contributed by atoms with E-state index in [9.17, 15) is 19.7 Å². The van der Waals surface area contributed by atoms with Gasteiger partial charge in [0.25, 0.3) is 5.69 Å². The Morgan fingerprint density at radius 1 is 1.15 bits per heavy atom. The summed E-state index contributed by atoms with van der Waals surface area (Å²) in [6, 6.07) is 11.9. The zero-order valence-corrected chi connectivity index (χ0v) is 14.8. The summed E-state index contributed by atoms with van der Waals surface area (Å²) >= 11 is 0. The fourth-order valence-electron chi connectivity index (χ4n) is 2.39. The third kappa shape index (κ3) is 5.25. The lowest BCUT2D eigenvalue weighted by Gasteiger charge is -2.17. The highest BCUT2D eigenvalue weighted by Crippen LogP contribution is 2.28. The molecule has 1 atom stereocenters. The highest BCUT2D eigenvalue weighted by Gasteiger charge is 2.22. The van der Waals surface area contributed by atoms with Crippen molar-refractivity contribution in [2.45, 2.75) is 6.04 Å². The largest absolute Gasteiger partial charge is 0.494 e. The Kier molecular flexibility index (Phi) is 6.84. The molecule has 0 saturated heterocycles. The van der Waals surface area contributed by atoms with Gasteiger partial charge in [0.05, 0.1) is 37.4 Å². The number of amides is 1. The van der Waals surface area contributed by atoms with Gasteiger partial charge in [-0.05, 0) is 11.6 Å². The van der Waals surface area contributed by atoms with E-state index in [4.69, 9.17) is 9.47 Å². The number of carbonyl (C=O) groups excluding carboxylic acids is 2. The first-order valence-electron chi connectivity index (χ1n) is 7.94. The maximum absolute atomic E-state index is 12.2. The number of hydrogen-bond acceptors (Lipinski definition) is 7. The molecule has 0 fully saturated rings. The molecule has 27 heavy (non-hydrogen) atoms. The number of methoxy groups -OCH3 is 2. The first-order chi connectivity index (χ1) is 13.0. The molecule has 0 bridgehead atoms. The van der Waals surface area contributed by atoms with Crippen LogP contribution in [0.1, 0.15) is 11.6 Å². The molecule has 2 N–H and O–H groups in total. The Bertz CT molecular complexity index is 825. The van der Waals surface area contributed by atoms with Gasteiger partial charge in [-0.1, -0.05) is 30.3 Å². The summed E-state index contributed by atoms with van der Waals surface area (Å²) in [6.07, 6.45) is 0. The van der Waals surface area contributed by atoms with Gasteiger partial charge >= 0.3 is 5.97 Å². The maximum Gasteiger partial charge on any atom is 0.327 e. The lowest BCUT2D eigenvalue weighted by molar-refractivity contribution is -0.384. The highest BCUT2D eigenvalue weighted by molar-refractivity contribution is 5.94. The predicted molar refractivity (Wildman–Crippen MR) is 97.5 cm³/mol. The monoisotopic (exact) mass is 373 g/mol. The van der Waals surface area contributed by atoms with Crippen LogP contribution in [0.15, 0.2) is 48.5 Å². The fraction of sp³-hybridized carbons (Fsp3) is 0.222. The summed E-state index contributed by atoms with van der Waals surface area (Å²) < 4.78 is 9.85. The number of rotatable bonds is 8. The second kappa shape index (κ2) is 9.30. The normalized spacial score (nSPS) is 11.3. The molecule has 1 unspecified atom stereocenters. The Morgan fingerprint density at radius 3 is 2.44 bits per heavy atom. The van der Waals surface area contributed by atoms with Crippen molar-refractivity contribution in [2.75, 3.05) is 26.1 Å². The van der Waals surface area contributed by atoms with Crippen molar-refractivity contribution in [3.63, 3.8) is 0 Å². The Labute approximate surface area is 155 Å². The molecule has 9 nitrogen and oxygen atoms in total. The van der Waals surface area contributed by atoms with E-state index in [1.54, 1.807) is 24.3 Å². The predicted octanol–water partition coefficient (Wildman–Crippen LogP) is 2.05. The van der Waals surface area contributed by atoms with Crippen molar-refractivity contribution in [1.29, 1.82) is 0 Å². The molecule has 0 aliphatic rings. The number of ether oxygens (including phenoxy) is 2. The topological polar surface area (TPSA) is 120 Å². The van der Waals surface area contributed by atoms with Crippen molar-refractivity contribution in [1.82, 2.24) is 5.32 Å². The van der Waals surface area contributed by atoms with E-state index in [2.05, 4.69) is 10.6 Å². The Hall–Kier alpha value is -3.46. The van der Waals surface area contributed by atoms with E-state index in [-0.39, 0.29) is 23.7 Å². The van der Waals surface area contributed by atoms with Gasteiger partial charge < -0.3 is 14.8 Å². The molecular weight excluding hydrogens is 354 g/mol. The van der Waals surface area contributed by atoms with Crippen LogP contribution in [0.3, 0.4) is 0 Å². The highest BCUT2D eigenvalue weighted by atomic mass is 16.6. The van der Waals surface area contributed by atoms with Crippen molar-refractivity contribution in [3.05, 3.63) is 64.2 Å². The average Bonchev–Trinajstić information content (AvgIpc) is 2.68. The van der Waals surface area contributed by atoms with Gasteiger partial charge in [0.1, 0.15) is 11.8 Å². The molecule has 0 heterocycles. The summed E-state index contributed by atoms with van der Waals surface area (Å²) in [5, 5.41) is 16.2. The molecule has 0 aromatic heterocycles. The lowest BCUT2D eigenvalue weighted by Crippen LogP contribution is -2.35. The van der Waals surface area contributed by atoms with Crippen LogP contribution in [0.25, 0.3) is 0 Å². The Balaban J connectivity index is 2.06. The van der Waals surface area contributed by atoms with Gasteiger partial charge in [0.15, 0.2) is 0 Å². The van der Waals surface area contributed by atoms with E-state index in [1.165, 1.54) is 32.4 Å². The molecule has 0 aliphatic carbocycles. The maximum atomic E-state index is 12.2. The number of nitro benzene ring substituents is 1. The SMILES string of the molecule is COC(=O)C(NCC(=O)Nc1ccc([N+](=O)[O-])cc1OC)c1ccccc1. The molecule has 142 valence electrons. The van der Waals surface area contributed by atoms with Crippen LogP contribution >= 0.6 is 0 Å². The molecule has 0 saturated carbocycles. The summed E-state index contributed by atoms with van der Waals surface area (Å²) in [4.78, 5) is 34.5. The molecule has 2 aromatic carbocycles. The van der Waals surface area contributed by atoms with Crippen LogP contribution in [-0.2, 0) is 14.3 Å². The average molecular weight is 373 g/mol. The van der Waals surface area contributed by atoms with Crippen LogP contribution in [-0.4, -0.2) is 37.6 Å². The molecule has 2 aromatic rings. The minimum atomic E-state index is -0.805. The van der Waals surface area contributed by atoms with Crippen molar-refractivity contribution in [2.24, 2.45) is 0 Å². The zero-order chi connectivity index (χ0) is 19.8. The van der Waals surface area contributed by atoms with Gasteiger partial charge in [0, 0.05) is 6.07 Å². The van der Waals surface area contributed by atoms with Crippen LogP contribution in [0, 0.1) is 10.1 Å². The standard InChI is InChI=1S/C18H19N3O6/c1-26-15-10-13(21(24)25)8-9-14(15)20-16(22)11-19-17(18(23)27-2)12-6-4-3-5-7-12/h3-10,17,19H,11H2,1-2H3,(H,20,22). The molecule has 9 heteroatoms. The zero-order valence-electron chi connectivity index (χ0n) is 14.8. The van der Waals surface area contributed by atoms with Gasteiger partial charge in [-0.3, -0.25) is 20.2 Å². The number of esters is 1. The Morgan fingerprint density at radius 2 is 1.85 bits per heavy atom. The third-order valence-electron chi connectivity index (χ3n) is 3.71. The minimum absolute atomic E-state index is 0.155. The number of nitrogens with zero attached hydrogens (tertiary/aromatic N) is 1. The summed E-state index contributed by atoms with van der Waals surface area (Å²) in [5.41, 5.74) is 0.784. The molecule has 2 rings (SSSR count). The fourth-order valence-corrected chi connectivity index (χ4v) is 2.39. The van der Waals surface area contributed by atoms with E-state index in [0.717, 1.165) is 0 Å². The van der Waals surface area contributed by atoms with Crippen LogP contribution in [0.4, 0.5) is 11.4 Å². The van der Waals surface area contributed by atoms with Crippen LogP contribution < -0.4 is 15.4 Å². The smallest absolute Gasteiger partial charge is 0.327 e. The van der Waals surface area contributed by atoms with Gasteiger partial charge in [-0.25, -0.2) is 4.79 Å². The van der Waals surface area contributed by atoms with E-state index in [1.807, 2.05) is 6.07 Å². The summed E-state index contributed by atoms with van der Waals surface area (Å²) in [6.45, 7) is -0.186. The van der Waals surface area contributed by atoms with Gasteiger partial charge in [-0.2, -0.15) is 0 Å². The van der Waals surface area contributed by atoms with Crippen LogP contribution in [0.5, 0.6) is 5.75 Å². The number of anilines is 1. The number of carbonyl (C=O) groups is 2. The van der Waals surface area contributed by atoms with Crippen molar-refractivity contribution >= 4 is 23.3 Å². The molecule has 0 aliphatic heterocycles. The minimum Gasteiger partial charge on any atom is -0.494 e. The number of nitro groups is 1. The second-order valence-corrected chi connectivity index (χ2v) is 5.44. The summed E-state index contributed by atoms with van der Waals surface area (Å²) in [7, 11) is 2.61. The number of hydrogen-bond donors (Lipinski definition) is 2. The van der Waals surface area contributed by atoms with Gasteiger partial charge in [0.2, 0.25) is 5.91 Å². The molecule has 0 spiro atoms. The molecule has 1 amide bonds. The van der Waals surface area contributed by atoms with E-state index < -0.39 is 22.8 Å². The lowest BCUT2D eigenvalue weighted by atomic mass is 10.1. The van der Waals surface area contributed by atoms with Crippen molar-refractivity contribution in [3.8, 4) is 5.75 Å². The van der Waals surface area contributed by atoms with Gasteiger partial charge in [-0.15, -0.1) is 0 Å². The van der Waals surface area contributed by atoms with E-state index in [0.29, 0.717) is 5.56 Å². The first kappa shape index (κ1) is 19.9. The number of benzene rings is 2. The molecular formula is C18H19N3O6.